The van der Waals surface area contributed by atoms with Gasteiger partial charge in [-0.05, 0) is 74.2 Å². The second kappa shape index (κ2) is 8.35. The Hall–Kier alpha value is -3.86. The number of amides is 2. The fourth-order valence-electron chi connectivity index (χ4n) is 3.87. The van der Waals surface area contributed by atoms with Gasteiger partial charge in [-0.15, -0.1) is 0 Å². The van der Waals surface area contributed by atoms with Crippen molar-refractivity contribution in [3.05, 3.63) is 94.2 Å². The zero-order valence-corrected chi connectivity index (χ0v) is 18.9. The van der Waals surface area contributed by atoms with Crippen molar-refractivity contribution in [2.24, 2.45) is 0 Å². The van der Waals surface area contributed by atoms with Crippen LogP contribution >= 0.6 is 0 Å². The molecule has 0 aliphatic carbocycles. The van der Waals surface area contributed by atoms with Crippen molar-refractivity contribution in [3.8, 4) is 5.75 Å². The summed E-state index contributed by atoms with van der Waals surface area (Å²) in [4.78, 5) is 28.6. The highest BCUT2D eigenvalue weighted by atomic mass is 16.5. The van der Waals surface area contributed by atoms with Crippen LogP contribution in [-0.4, -0.2) is 18.9 Å². The number of para-hydroxylation sites is 1. The highest BCUT2D eigenvalue weighted by molar-refractivity contribution is 6.46. The van der Waals surface area contributed by atoms with Gasteiger partial charge in [-0.2, -0.15) is 0 Å². The van der Waals surface area contributed by atoms with Crippen LogP contribution in [-0.2, 0) is 9.59 Å². The molecular formula is C27H26N2O3. The molecule has 1 heterocycles. The molecule has 4 rings (SSSR count). The molecule has 1 N–H and O–H groups in total. The third kappa shape index (κ3) is 3.56. The van der Waals surface area contributed by atoms with E-state index in [0.717, 1.165) is 27.9 Å². The molecule has 0 radical (unpaired) electrons. The number of carbonyl (C=O) groups is 2. The average Bonchev–Trinajstić information content (AvgIpc) is 3.02. The molecule has 3 aromatic rings. The van der Waals surface area contributed by atoms with E-state index >= 15 is 0 Å². The molecule has 5 heteroatoms. The molecular weight excluding hydrogens is 400 g/mol. The summed E-state index contributed by atoms with van der Waals surface area (Å²) in [6.07, 6.45) is 0. The van der Waals surface area contributed by atoms with Crippen LogP contribution in [0.5, 0.6) is 5.75 Å². The number of hydrogen-bond acceptors (Lipinski definition) is 4. The Kier molecular flexibility index (Phi) is 5.57. The molecule has 1 aliphatic heterocycles. The molecule has 3 aromatic carbocycles. The van der Waals surface area contributed by atoms with Gasteiger partial charge in [0.2, 0.25) is 0 Å². The van der Waals surface area contributed by atoms with Gasteiger partial charge in [0.1, 0.15) is 11.4 Å². The largest absolute Gasteiger partial charge is 0.496 e. The van der Waals surface area contributed by atoms with E-state index in [4.69, 9.17) is 4.74 Å². The Labute approximate surface area is 188 Å². The predicted molar refractivity (Wildman–Crippen MR) is 128 cm³/mol. The number of ether oxygens (including phenoxy) is 1. The number of nitrogens with zero attached hydrogens (tertiary/aromatic N) is 1. The van der Waals surface area contributed by atoms with E-state index in [1.165, 1.54) is 4.90 Å². The first kappa shape index (κ1) is 21.4. The van der Waals surface area contributed by atoms with E-state index in [1.807, 2.05) is 70.2 Å². The third-order valence-corrected chi connectivity index (χ3v) is 6.07. The third-order valence-electron chi connectivity index (χ3n) is 6.07. The van der Waals surface area contributed by atoms with Crippen molar-refractivity contribution in [3.63, 3.8) is 0 Å². The summed E-state index contributed by atoms with van der Waals surface area (Å²) in [7, 11) is 1.56. The molecule has 0 saturated carbocycles. The number of aryl methyl sites for hydroxylation is 3. The monoisotopic (exact) mass is 426 g/mol. The van der Waals surface area contributed by atoms with Crippen LogP contribution in [0.2, 0.25) is 0 Å². The van der Waals surface area contributed by atoms with Crippen LogP contribution in [0.1, 0.15) is 27.8 Å². The first-order valence-electron chi connectivity index (χ1n) is 10.5. The summed E-state index contributed by atoms with van der Waals surface area (Å²) in [6.45, 7) is 7.97. The SMILES string of the molecule is COc1ccccc1C1=C(Nc2cccc(C)c2C)C(=O)N(c2ccc(C)c(C)c2)C1=O. The van der Waals surface area contributed by atoms with E-state index in [0.29, 0.717) is 22.6 Å². The topological polar surface area (TPSA) is 58.6 Å². The van der Waals surface area contributed by atoms with Crippen molar-refractivity contribution in [2.75, 3.05) is 17.3 Å². The number of hydrogen-bond donors (Lipinski definition) is 1. The molecule has 0 aromatic heterocycles. The molecule has 162 valence electrons. The van der Waals surface area contributed by atoms with Crippen LogP contribution in [0.3, 0.4) is 0 Å². The molecule has 2 amide bonds. The Morgan fingerprint density at radius 3 is 2.25 bits per heavy atom. The highest BCUT2D eigenvalue weighted by Gasteiger charge is 2.41. The van der Waals surface area contributed by atoms with Crippen LogP contribution in [0.4, 0.5) is 11.4 Å². The minimum Gasteiger partial charge on any atom is -0.496 e. The Morgan fingerprint density at radius 2 is 1.53 bits per heavy atom. The molecule has 5 nitrogen and oxygen atoms in total. The minimum absolute atomic E-state index is 0.242. The summed E-state index contributed by atoms with van der Waals surface area (Å²) in [5.74, 6) is -0.235. The Morgan fingerprint density at radius 1 is 0.781 bits per heavy atom. The lowest BCUT2D eigenvalue weighted by molar-refractivity contribution is -0.120. The number of benzene rings is 3. The molecule has 0 atom stereocenters. The van der Waals surface area contributed by atoms with Gasteiger partial charge in [0.25, 0.3) is 11.8 Å². The number of imide groups is 1. The summed E-state index contributed by atoms with van der Waals surface area (Å²) in [6, 6.07) is 18.7. The average molecular weight is 427 g/mol. The van der Waals surface area contributed by atoms with Gasteiger partial charge in [-0.1, -0.05) is 36.4 Å². The first-order valence-corrected chi connectivity index (χ1v) is 10.5. The fourth-order valence-corrected chi connectivity index (χ4v) is 3.87. The Bertz CT molecular complexity index is 1270. The summed E-state index contributed by atoms with van der Waals surface area (Å²) < 4.78 is 5.51. The molecule has 0 spiro atoms. The van der Waals surface area contributed by atoms with Gasteiger partial charge >= 0.3 is 0 Å². The van der Waals surface area contributed by atoms with Crippen LogP contribution < -0.4 is 15.0 Å². The molecule has 0 unspecified atom stereocenters. The number of rotatable bonds is 5. The highest BCUT2D eigenvalue weighted by Crippen LogP contribution is 2.38. The van der Waals surface area contributed by atoms with Gasteiger partial charge in [0, 0.05) is 11.3 Å². The second-order valence-corrected chi connectivity index (χ2v) is 8.04. The fraction of sp³-hybridized carbons (Fsp3) is 0.185. The normalized spacial score (nSPS) is 13.7. The molecule has 0 saturated heterocycles. The quantitative estimate of drug-likeness (QED) is 0.561. The maximum Gasteiger partial charge on any atom is 0.282 e. The van der Waals surface area contributed by atoms with Gasteiger partial charge in [-0.3, -0.25) is 9.59 Å². The van der Waals surface area contributed by atoms with Crippen molar-refractivity contribution >= 4 is 28.8 Å². The second-order valence-electron chi connectivity index (χ2n) is 8.04. The van der Waals surface area contributed by atoms with Gasteiger partial charge in [-0.25, -0.2) is 4.90 Å². The molecule has 1 aliphatic rings. The van der Waals surface area contributed by atoms with Crippen molar-refractivity contribution < 1.29 is 14.3 Å². The van der Waals surface area contributed by atoms with Crippen molar-refractivity contribution in [1.82, 2.24) is 0 Å². The summed E-state index contributed by atoms with van der Waals surface area (Å²) in [5.41, 5.74) is 6.67. The zero-order valence-electron chi connectivity index (χ0n) is 18.9. The lowest BCUT2D eigenvalue weighted by Gasteiger charge is -2.17. The van der Waals surface area contributed by atoms with Crippen molar-refractivity contribution in [1.29, 1.82) is 0 Å². The van der Waals surface area contributed by atoms with E-state index < -0.39 is 0 Å². The van der Waals surface area contributed by atoms with E-state index in [1.54, 1.807) is 25.3 Å². The number of anilines is 2. The molecule has 32 heavy (non-hydrogen) atoms. The molecule has 0 fully saturated rings. The lowest BCUT2D eigenvalue weighted by atomic mass is 10.0. The first-order chi connectivity index (χ1) is 15.3. The summed E-state index contributed by atoms with van der Waals surface area (Å²) in [5, 5.41) is 3.27. The summed E-state index contributed by atoms with van der Waals surface area (Å²) >= 11 is 0. The maximum absolute atomic E-state index is 13.7. The van der Waals surface area contributed by atoms with Crippen LogP contribution in [0.25, 0.3) is 5.57 Å². The lowest BCUT2D eigenvalue weighted by Crippen LogP contribution is -2.32. The Balaban J connectivity index is 1.89. The predicted octanol–water partition coefficient (Wildman–Crippen LogP) is 5.33. The van der Waals surface area contributed by atoms with Gasteiger partial charge in [0.05, 0.1) is 18.4 Å². The maximum atomic E-state index is 13.7. The van der Waals surface area contributed by atoms with E-state index in [2.05, 4.69) is 5.32 Å². The number of methoxy groups -OCH3 is 1. The van der Waals surface area contributed by atoms with Crippen LogP contribution in [0.15, 0.2) is 66.4 Å². The van der Waals surface area contributed by atoms with E-state index in [9.17, 15) is 9.59 Å². The zero-order chi connectivity index (χ0) is 23.0. The smallest absolute Gasteiger partial charge is 0.282 e. The van der Waals surface area contributed by atoms with Crippen LogP contribution in [0, 0.1) is 27.7 Å². The van der Waals surface area contributed by atoms with Gasteiger partial charge < -0.3 is 10.1 Å². The standard InChI is InChI=1S/C27H26N2O3/c1-16-13-14-20(15-18(16)3)29-26(30)24(21-10-6-7-12-23(21)32-5)25(27(29)31)28-22-11-8-9-17(2)19(22)4/h6-15,28H,1-5H3. The molecule has 0 bridgehead atoms. The van der Waals surface area contributed by atoms with Crippen molar-refractivity contribution in [2.45, 2.75) is 27.7 Å². The number of nitrogens with one attached hydrogen (secondary N) is 1. The minimum atomic E-state index is -0.389. The number of carbonyl (C=O) groups excluding carboxylic acids is 2. The van der Waals surface area contributed by atoms with E-state index in [-0.39, 0.29) is 17.5 Å². The van der Waals surface area contributed by atoms with Gasteiger partial charge in [0.15, 0.2) is 0 Å².